The van der Waals surface area contributed by atoms with Crippen LogP contribution in [-0.4, -0.2) is 16.1 Å². The van der Waals surface area contributed by atoms with Crippen molar-refractivity contribution in [3.8, 4) is 0 Å². The Morgan fingerprint density at radius 1 is 1.92 bits per heavy atom. The van der Waals surface area contributed by atoms with Crippen molar-refractivity contribution < 1.29 is 4.79 Å². The summed E-state index contributed by atoms with van der Waals surface area (Å²) in [6, 6.07) is 0. The van der Waals surface area contributed by atoms with Gasteiger partial charge in [0.2, 0.25) is 5.91 Å². The fourth-order valence-electron chi connectivity index (χ4n) is 0.805. The van der Waals surface area contributed by atoms with Gasteiger partial charge in [-0.15, -0.1) is 11.3 Å². The Bertz CT molecular complexity index is 263. The lowest BCUT2D eigenvalue weighted by Gasteiger charge is -2.09. The number of rotatable bonds is 4. The van der Waals surface area contributed by atoms with Crippen molar-refractivity contribution in [2.75, 3.05) is 0 Å². The molecular formula is C7H11N3OS2. The number of thioether (sulfide) groups is 1. The van der Waals surface area contributed by atoms with Gasteiger partial charge in [-0.2, -0.15) is 0 Å². The number of aromatic nitrogens is 1. The molecule has 0 saturated heterocycles. The van der Waals surface area contributed by atoms with Crippen molar-refractivity contribution in [2.45, 2.75) is 22.9 Å². The van der Waals surface area contributed by atoms with Gasteiger partial charge in [0.1, 0.15) is 0 Å². The van der Waals surface area contributed by atoms with E-state index in [-0.39, 0.29) is 11.2 Å². The molecule has 1 atom stereocenters. The molecule has 0 radical (unpaired) electrons. The first-order chi connectivity index (χ1) is 6.27. The molecule has 1 rings (SSSR count). The van der Waals surface area contributed by atoms with Crippen LogP contribution in [-0.2, 0) is 4.79 Å². The van der Waals surface area contributed by atoms with Gasteiger partial charge in [-0.05, 0) is 6.42 Å². The van der Waals surface area contributed by atoms with E-state index in [0.29, 0.717) is 0 Å². The fourth-order valence-corrected chi connectivity index (χ4v) is 2.61. The number of carbonyl (C=O) groups excluding carboxylic acids is 1. The Kier molecular flexibility index (Phi) is 4.20. The predicted octanol–water partition coefficient (Wildman–Crippen LogP) is 1.00. The van der Waals surface area contributed by atoms with Crippen molar-refractivity contribution in [3.63, 3.8) is 0 Å². The molecule has 72 valence electrons. The first-order valence-electron chi connectivity index (χ1n) is 3.84. The number of hydrogen-bond acceptors (Lipinski definition) is 5. The Labute approximate surface area is 84.9 Å². The van der Waals surface area contributed by atoms with Crippen LogP contribution < -0.4 is 11.3 Å². The maximum absolute atomic E-state index is 11.2. The summed E-state index contributed by atoms with van der Waals surface area (Å²) in [5, 5.41) is 1.74. The van der Waals surface area contributed by atoms with Gasteiger partial charge in [0.15, 0.2) is 4.34 Å². The molecule has 6 heteroatoms. The number of hydrogen-bond donors (Lipinski definition) is 2. The largest absolute Gasteiger partial charge is 0.293 e. The second-order valence-corrected chi connectivity index (χ2v) is 4.67. The Hall–Kier alpha value is -0.590. The van der Waals surface area contributed by atoms with Crippen LogP contribution in [0.2, 0.25) is 0 Å². The molecule has 0 aromatic carbocycles. The number of thiazole rings is 1. The fraction of sp³-hybridized carbons (Fsp3) is 0.429. The monoisotopic (exact) mass is 217 g/mol. The minimum atomic E-state index is -0.150. The number of nitrogens with one attached hydrogen (secondary N) is 1. The van der Waals surface area contributed by atoms with Crippen LogP contribution in [0.5, 0.6) is 0 Å². The molecule has 0 aliphatic carbocycles. The van der Waals surface area contributed by atoms with E-state index >= 15 is 0 Å². The van der Waals surface area contributed by atoms with Gasteiger partial charge in [0, 0.05) is 11.6 Å². The summed E-state index contributed by atoms with van der Waals surface area (Å²) in [6.07, 6.45) is 2.47. The smallest absolute Gasteiger partial charge is 0.247 e. The minimum absolute atomic E-state index is 0.142. The van der Waals surface area contributed by atoms with Gasteiger partial charge in [-0.25, -0.2) is 10.8 Å². The number of nitrogens with zero attached hydrogens (tertiary/aromatic N) is 1. The molecule has 0 spiro atoms. The van der Waals surface area contributed by atoms with Crippen LogP contribution >= 0.6 is 23.1 Å². The first-order valence-corrected chi connectivity index (χ1v) is 5.60. The van der Waals surface area contributed by atoms with Crippen molar-refractivity contribution in [1.29, 1.82) is 0 Å². The zero-order valence-electron chi connectivity index (χ0n) is 7.19. The van der Waals surface area contributed by atoms with Crippen LogP contribution in [0.25, 0.3) is 0 Å². The summed E-state index contributed by atoms with van der Waals surface area (Å²) >= 11 is 2.97. The molecule has 1 heterocycles. The summed E-state index contributed by atoms with van der Waals surface area (Å²) in [5.74, 6) is 4.90. The lowest BCUT2D eigenvalue weighted by molar-refractivity contribution is -0.120. The molecule has 0 aliphatic rings. The lowest BCUT2D eigenvalue weighted by atomic mass is 10.3. The van der Waals surface area contributed by atoms with Gasteiger partial charge in [-0.3, -0.25) is 10.2 Å². The van der Waals surface area contributed by atoms with E-state index in [4.69, 9.17) is 5.84 Å². The molecule has 3 N–H and O–H groups in total. The summed E-state index contributed by atoms with van der Waals surface area (Å²) in [6.45, 7) is 1.94. The molecule has 0 bridgehead atoms. The Balaban J connectivity index is 2.54. The zero-order valence-corrected chi connectivity index (χ0v) is 8.82. The van der Waals surface area contributed by atoms with E-state index < -0.39 is 0 Å². The predicted molar refractivity (Wildman–Crippen MR) is 54.4 cm³/mol. The quantitative estimate of drug-likeness (QED) is 0.342. The van der Waals surface area contributed by atoms with Crippen LogP contribution in [0.3, 0.4) is 0 Å². The highest BCUT2D eigenvalue weighted by Crippen LogP contribution is 2.26. The van der Waals surface area contributed by atoms with Crippen molar-refractivity contribution >= 4 is 29.0 Å². The molecule has 1 aromatic rings. The van der Waals surface area contributed by atoms with Crippen LogP contribution in [0.1, 0.15) is 13.3 Å². The number of carbonyl (C=O) groups is 1. The highest BCUT2D eigenvalue weighted by molar-refractivity contribution is 8.02. The second-order valence-electron chi connectivity index (χ2n) is 2.32. The average Bonchev–Trinajstić information content (AvgIpc) is 2.65. The van der Waals surface area contributed by atoms with Crippen LogP contribution in [0, 0.1) is 0 Å². The van der Waals surface area contributed by atoms with E-state index in [0.717, 1.165) is 10.8 Å². The minimum Gasteiger partial charge on any atom is -0.293 e. The highest BCUT2D eigenvalue weighted by atomic mass is 32.2. The third-order valence-electron chi connectivity index (χ3n) is 1.46. The summed E-state index contributed by atoms with van der Waals surface area (Å²) in [5.41, 5.74) is 2.15. The topological polar surface area (TPSA) is 68.0 Å². The third kappa shape index (κ3) is 2.98. The van der Waals surface area contributed by atoms with Crippen LogP contribution in [0.15, 0.2) is 15.9 Å². The zero-order chi connectivity index (χ0) is 9.68. The third-order valence-corrected chi connectivity index (χ3v) is 3.74. The van der Waals surface area contributed by atoms with Gasteiger partial charge < -0.3 is 0 Å². The van der Waals surface area contributed by atoms with Gasteiger partial charge in [-0.1, -0.05) is 18.7 Å². The van der Waals surface area contributed by atoms with Gasteiger partial charge in [0.05, 0.1) is 5.25 Å². The summed E-state index contributed by atoms with van der Waals surface area (Å²) in [7, 11) is 0. The van der Waals surface area contributed by atoms with Crippen molar-refractivity contribution in [2.24, 2.45) is 5.84 Å². The number of nitrogens with two attached hydrogens (primary N) is 1. The Morgan fingerprint density at radius 3 is 3.15 bits per heavy atom. The SMILES string of the molecule is CCC(Sc1nccs1)C(=O)NN. The van der Waals surface area contributed by atoms with Crippen molar-refractivity contribution in [1.82, 2.24) is 10.4 Å². The molecular weight excluding hydrogens is 206 g/mol. The van der Waals surface area contributed by atoms with E-state index in [9.17, 15) is 4.79 Å². The second kappa shape index (κ2) is 5.21. The molecule has 0 fully saturated rings. The maximum atomic E-state index is 11.2. The molecule has 4 nitrogen and oxygen atoms in total. The van der Waals surface area contributed by atoms with Gasteiger partial charge >= 0.3 is 0 Å². The highest BCUT2D eigenvalue weighted by Gasteiger charge is 2.17. The maximum Gasteiger partial charge on any atom is 0.247 e. The lowest BCUT2D eigenvalue weighted by Crippen LogP contribution is -2.37. The van der Waals surface area contributed by atoms with Gasteiger partial charge in [0.25, 0.3) is 0 Å². The van der Waals surface area contributed by atoms with Crippen molar-refractivity contribution in [3.05, 3.63) is 11.6 Å². The molecule has 1 unspecified atom stereocenters. The molecule has 0 aliphatic heterocycles. The summed E-state index contributed by atoms with van der Waals surface area (Å²) in [4.78, 5) is 15.3. The van der Waals surface area contributed by atoms with E-state index in [1.165, 1.54) is 23.1 Å². The normalized spacial score (nSPS) is 12.5. The molecule has 13 heavy (non-hydrogen) atoms. The van der Waals surface area contributed by atoms with E-state index in [1.807, 2.05) is 12.3 Å². The first kappa shape index (κ1) is 10.5. The number of hydrazine groups is 1. The molecule has 1 amide bonds. The average molecular weight is 217 g/mol. The van der Waals surface area contributed by atoms with Crippen LogP contribution in [0.4, 0.5) is 0 Å². The number of amides is 1. The van der Waals surface area contributed by atoms with E-state index in [2.05, 4.69) is 10.4 Å². The Morgan fingerprint density at radius 2 is 2.69 bits per heavy atom. The molecule has 0 saturated carbocycles. The van der Waals surface area contributed by atoms with E-state index in [1.54, 1.807) is 6.20 Å². The standard InChI is InChI=1S/C7H11N3OS2/c1-2-5(6(11)10-8)13-7-9-3-4-12-7/h3-5H,2,8H2,1H3,(H,10,11). The molecule has 1 aromatic heterocycles. The summed E-state index contributed by atoms with van der Waals surface area (Å²) < 4.78 is 0.899.